The first-order valence-corrected chi connectivity index (χ1v) is 4.12. The fraction of sp³-hybridized carbons (Fsp3) is 1.00. The van der Waals surface area contributed by atoms with Crippen LogP contribution in [0.3, 0.4) is 0 Å². The van der Waals surface area contributed by atoms with Crippen LogP contribution in [-0.4, -0.2) is 58.5 Å². The van der Waals surface area contributed by atoms with Gasteiger partial charge in [-0.05, 0) is 7.05 Å². The first-order valence-electron chi connectivity index (χ1n) is 4.12. The molecule has 0 bridgehead atoms. The van der Waals surface area contributed by atoms with Crippen molar-refractivity contribution in [2.75, 3.05) is 47.6 Å². The zero-order chi connectivity index (χ0) is 9.40. The average molecular weight is 176 g/mol. The predicted octanol–water partition coefficient (Wildman–Crippen LogP) is -0.462. The molecule has 0 amide bonds. The smallest absolute Gasteiger partial charge is 0.0626 e. The van der Waals surface area contributed by atoms with Gasteiger partial charge in [0.2, 0.25) is 0 Å². The Morgan fingerprint density at radius 2 is 2.00 bits per heavy atom. The van der Waals surface area contributed by atoms with Crippen LogP contribution in [0.25, 0.3) is 0 Å². The van der Waals surface area contributed by atoms with E-state index in [1.807, 2.05) is 7.05 Å². The Hall–Kier alpha value is -0.160. The molecule has 0 aromatic carbocycles. The van der Waals surface area contributed by atoms with E-state index < -0.39 is 0 Å². The highest BCUT2D eigenvalue weighted by molar-refractivity contribution is 4.64. The van der Waals surface area contributed by atoms with Gasteiger partial charge >= 0.3 is 0 Å². The molecule has 0 rings (SSSR count). The van der Waals surface area contributed by atoms with Gasteiger partial charge < -0.3 is 20.1 Å². The standard InChI is InChI=1S/C8H20N2O2/c1-10(4-5-11-2)6-8(9)7-12-3/h8H,4-7,9H2,1-3H3. The highest BCUT2D eigenvalue weighted by atomic mass is 16.5. The van der Waals surface area contributed by atoms with Gasteiger partial charge in [0.15, 0.2) is 0 Å². The maximum atomic E-state index is 5.75. The van der Waals surface area contributed by atoms with Crippen LogP contribution in [0.15, 0.2) is 0 Å². The molecule has 0 aromatic rings. The minimum atomic E-state index is 0.0943. The molecule has 0 spiro atoms. The average Bonchev–Trinajstić information content (AvgIpc) is 2.01. The van der Waals surface area contributed by atoms with E-state index in [4.69, 9.17) is 15.2 Å². The summed E-state index contributed by atoms with van der Waals surface area (Å²) in [5, 5.41) is 0. The summed E-state index contributed by atoms with van der Waals surface area (Å²) in [7, 11) is 5.38. The van der Waals surface area contributed by atoms with Crippen LogP contribution in [0.4, 0.5) is 0 Å². The van der Waals surface area contributed by atoms with Gasteiger partial charge in [-0.3, -0.25) is 0 Å². The number of nitrogens with zero attached hydrogens (tertiary/aromatic N) is 1. The zero-order valence-corrected chi connectivity index (χ0v) is 8.25. The quantitative estimate of drug-likeness (QED) is 0.570. The van der Waals surface area contributed by atoms with Gasteiger partial charge in [-0.2, -0.15) is 0 Å². The van der Waals surface area contributed by atoms with Crippen LogP contribution in [0.2, 0.25) is 0 Å². The predicted molar refractivity (Wildman–Crippen MR) is 49.2 cm³/mol. The maximum Gasteiger partial charge on any atom is 0.0626 e. The topological polar surface area (TPSA) is 47.7 Å². The second-order valence-electron chi connectivity index (χ2n) is 2.97. The van der Waals surface area contributed by atoms with Crippen molar-refractivity contribution < 1.29 is 9.47 Å². The Morgan fingerprint density at radius 1 is 1.33 bits per heavy atom. The Kier molecular flexibility index (Phi) is 7.39. The number of methoxy groups -OCH3 is 2. The van der Waals surface area contributed by atoms with Gasteiger partial charge in [-0.15, -0.1) is 0 Å². The molecule has 2 N–H and O–H groups in total. The molecular weight excluding hydrogens is 156 g/mol. The highest BCUT2D eigenvalue weighted by Crippen LogP contribution is 1.87. The van der Waals surface area contributed by atoms with Crippen molar-refractivity contribution in [1.82, 2.24) is 4.90 Å². The molecular formula is C8H20N2O2. The summed E-state index contributed by atoms with van der Waals surface area (Å²) in [6.45, 7) is 3.11. The van der Waals surface area contributed by atoms with Crippen molar-refractivity contribution in [3.8, 4) is 0 Å². The lowest BCUT2D eigenvalue weighted by Crippen LogP contribution is -2.39. The summed E-state index contributed by atoms with van der Waals surface area (Å²) in [6.07, 6.45) is 0. The first-order chi connectivity index (χ1) is 5.70. The Labute approximate surface area is 74.6 Å². The van der Waals surface area contributed by atoms with Gasteiger partial charge in [0, 0.05) is 33.4 Å². The number of ether oxygens (including phenoxy) is 2. The molecule has 12 heavy (non-hydrogen) atoms. The maximum absolute atomic E-state index is 5.75. The summed E-state index contributed by atoms with van der Waals surface area (Å²) >= 11 is 0. The van der Waals surface area contributed by atoms with Gasteiger partial charge in [0.25, 0.3) is 0 Å². The van der Waals surface area contributed by atoms with Crippen LogP contribution >= 0.6 is 0 Å². The zero-order valence-electron chi connectivity index (χ0n) is 8.25. The molecule has 0 aliphatic heterocycles. The molecule has 0 saturated carbocycles. The second-order valence-corrected chi connectivity index (χ2v) is 2.97. The van der Waals surface area contributed by atoms with E-state index in [0.717, 1.165) is 19.7 Å². The van der Waals surface area contributed by atoms with Crippen LogP contribution in [0.5, 0.6) is 0 Å². The fourth-order valence-electron chi connectivity index (χ4n) is 1.01. The lowest BCUT2D eigenvalue weighted by molar-refractivity contribution is 0.136. The van der Waals surface area contributed by atoms with Crippen molar-refractivity contribution in [3.63, 3.8) is 0 Å². The van der Waals surface area contributed by atoms with E-state index in [1.54, 1.807) is 14.2 Å². The first kappa shape index (κ1) is 11.8. The summed E-state index contributed by atoms with van der Waals surface area (Å²) in [4.78, 5) is 2.13. The molecule has 0 heterocycles. The van der Waals surface area contributed by atoms with E-state index in [-0.39, 0.29) is 6.04 Å². The lowest BCUT2D eigenvalue weighted by atomic mass is 10.3. The minimum Gasteiger partial charge on any atom is -0.383 e. The third-order valence-electron chi connectivity index (χ3n) is 1.60. The fourth-order valence-corrected chi connectivity index (χ4v) is 1.01. The lowest BCUT2D eigenvalue weighted by Gasteiger charge is -2.20. The molecule has 0 saturated heterocycles. The van der Waals surface area contributed by atoms with Gasteiger partial charge in [-0.1, -0.05) is 0 Å². The molecule has 4 heteroatoms. The van der Waals surface area contributed by atoms with E-state index >= 15 is 0 Å². The van der Waals surface area contributed by atoms with Gasteiger partial charge in [-0.25, -0.2) is 0 Å². The highest BCUT2D eigenvalue weighted by Gasteiger charge is 2.05. The Bertz CT molecular complexity index is 101. The van der Waals surface area contributed by atoms with E-state index in [9.17, 15) is 0 Å². The van der Waals surface area contributed by atoms with Crippen molar-refractivity contribution in [3.05, 3.63) is 0 Å². The number of hydrogen-bond acceptors (Lipinski definition) is 4. The van der Waals surface area contributed by atoms with Crippen molar-refractivity contribution in [2.24, 2.45) is 5.73 Å². The normalized spacial score (nSPS) is 13.8. The van der Waals surface area contributed by atoms with Crippen LogP contribution < -0.4 is 5.73 Å². The van der Waals surface area contributed by atoms with Gasteiger partial charge in [0.1, 0.15) is 0 Å². The monoisotopic (exact) mass is 176 g/mol. The van der Waals surface area contributed by atoms with Crippen molar-refractivity contribution >= 4 is 0 Å². The largest absolute Gasteiger partial charge is 0.383 e. The second kappa shape index (κ2) is 7.49. The molecule has 74 valence electrons. The number of likely N-dealkylation sites (N-methyl/N-ethyl adjacent to an activating group) is 1. The van der Waals surface area contributed by atoms with Crippen molar-refractivity contribution in [2.45, 2.75) is 6.04 Å². The third kappa shape index (κ3) is 6.54. The molecule has 4 nitrogen and oxygen atoms in total. The SMILES string of the molecule is COCCN(C)CC(N)COC. The van der Waals surface area contributed by atoms with Crippen LogP contribution in [-0.2, 0) is 9.47 Å². The molecule has 0 aromatic heterocycles. The Morgan fingerprint density at radius 3 is 2.50 bits per heavy atom. The summed E-state index contributed by atoms with van der Waals surface area (Å²) < 4.78 is 9.87. The number of nitrogens with two attached hydrogens (primary N) is 1. The van der Waals surface area contributed by atoms with Crippen molar-refractivity contribution in [1.29, 1.82) is 0 Å². The number of hydrogen-bond donors (Lipinski definition) is 1. The molecule has 1 unspecified atom stereocenters. The summed E-state index contributed by atoms with van der Waals surface area (Å²) in [5.41, 5.74) is 5.75. The van der Waals surface area contributed by atoms with Crippen LogP contribution in [0, 0.1) is 0 Å². The summed E-state index contributed by atoms with van der Waals surface area (Å²) in [5.74, 6) is 0. The van der Waals surface area contributed by atoms with Crippen LogP contribution in [0.1, 0.15) is 0 Å². The minimum absolute atomic E-state index is 0.0943. The van der Waals surface area contributed by atoms with E-state index in [2.05, 4.69) is 4.90 Å². The third-order valence-corrected chi connectivity index (χ3v) is 1.60. The molecule has 0 radical (unpaired) electrons. The van der Waals surface area contributed by atoms with E-state index in [0.29, 0.717) is 6.61 Å². The molecule has 0 aliphatic carbocycles. The summed E-state index contributed by atoms with van der Waals surface area (Å²) in [6, 6.07) is 0.0943. The molecule has 0 aliphatic rings. The van der Waals surface area contributed by atoms with E-state index in [1.165, 1.54) is 0 Å². The Balaban J connectivity index is 3.33. The molecule has 0 fully saturated rings. The number of rotatable bonds is 7. The molecule has 1 atom stereocenters. The van der Waals surface area contributed by atoms with Gasteiger partial charge in [0.05, 0.1) is 13.2 Å².